The molecule has 0 aliphatic carbocycles. The Labute approximate surface area is 124 Å². The summed E-state index contributed by atoms with van der Waals surface area (Å²) in [5.41, 5.74) is 1.60. The first kappa shape index (κ1) is 14.5. The molecule has 1 aromatic carbocycles. The molecule has 6 nitrogen and oxygen atoms in total. The highest BCUT2D eigenvalue weighted by Crippen LogP contribution is 2.33. The number of hydrogen-bond donors (Lipinski definition) is 1. The van der Waals surface area contributed by atoms with Crippen LogP contribution in [0.2, 0.25) is 0 Å². The Morgan fingerprint density at radius 1 is 1.45 bits per heavy atom. The highest BCUT2D eigenvalue weighted by molar-refractivity contribution is 9.10. The lowest BCUT2D eigenvalue weighted by molar-refractivity contribution is 0.0521. The summed E-state index contributed by atoms with van der Waals surface area (Å²) in [5, 5.41) is 10.5. The molecule has 1 aromatic heterocycles. The average molecular weight is 339 g/mol. The van der Waals surface area contributed by atoms with Crippen molar-refractivity contribution in [2.75, 3.05) is 20.7 Å². The fourth-order valence-corrected chi connectivity index (χ4v) is 2.10. The van der Waals surface area contributed by atoms with Crippen molar-refractivity contribution in [2.45, 2.75) is 6.92 Å². The van der Waals surface area contributed by atoms with Crippen LogP contribution in [0, 0.1) is 0 Å². The number of nitrogens with one attached hydrogen (secondary N) is 1. The maximum atomic E-state index is 12.0. The number of nitrogens with zero attached hydrogens (tertiary/aromatic N) is 3. The molecule has 2 rings (SSSR count). The third kappa shape index (κ3) is 2.98. The summed E-state index contributed by atoms with van der Waals surface area (Å²) in [6, 6.07) is 5.65. The average Bonchev–Trinajstić information content (AvgIpc) is 2.74. The van der Waals surface area contributed by atoms with E-state index in [2.05, 4.69) is 31.3 Å². The van der Waals surface area contributed by atoms with E-state index in [4.69, 9.17) is 4.74 Å². The number of ether oxygens (including phenoxy) is 1. The van der Waals surface area contributed by atoms with Crippen molar-refractivity contribution in [3.8, 4) is 0 Å². The van der Waals surface area contributed by atoms with Gasteiger partial charge < -0.3 is 9.72 Å². The van der Waals surface area contributed by atoms with Gasteiger partial charge in [-0.05, 0) is 25.1 Å². The Balaban J connectivity index is 2.60. The third-order valence-corrected chi connectivity index (χ3v) is 3.03. The summed E-state index contributed by atoms with van der Waals surface area (Å²) in [4.78, 5) is 15.0. The monoisotopic (exact) mass is 338 g/mol. The molecule has 0 amide bonds. The number of halogens is 1. The highest BCUT2D eigenvalue weighted by atomic mass is 79.9. The van der Waals surface area contributed by atoms with E-state index >= 15 is 0 Å². The van der Waals surface area contributed by atoms with Gasteiger partial charge in [-0.3, -0.25) is 5.01 Å². The number of benzene rings is 1. The lowest BCUT2D eigenvalue weighted by atomic mass is 10.2. The third-order valence-electron chi connectivity index (χ3n) is 2.54. The molecular weight excluding hydrogens is 324 g/mol. The molecule has 106 valence electrons. The van der Waals surface area contributed by atoms with E-state index in [1.54, 1.807) is 26.0 Å². The zero-order valence-corrected chi connectivity index (χ0v) is 13.1. The molecule has 1 heterocycles. The number of aromatic nitrogens is 1. The van der Waals surface area contributed by atoms with Gasteiger partial charge in [0.1, 0.15) is 5.69 Å². The smallest absolute Gasteiger partial charge is 0.357 e. The van der Waals surface area contributed by atoms with Crippen LogP contribution in [0.3, 0.4) is 0 Å². The number of carbonyl (C=O) groups is 1. The van der Waals surface area contributed by atoms with Gasteiger partial charge in [-0.15, -0.1) is 5.11 Å². The molecule has 0 unspecified atom stereocenters. The molecule has 0 saturated heterocycles. The minimum Gasteiger partial charge on any atom is -0.461 e. The van der Waals surface area contributed by atoms with Crippen molar-refractivity contribution < 1.29 is 9.53 Å². The standard InChI is InChI=1S/C13H15BrN4O2/c1-4-20-13(19)12-11(16-17-18(2)3)9-7-8(14)5-6-10(9)15-12/h5-7,15H,4H2,1-3H3. The molecule has 0 fully saturated rings. The van der Waals surface area contributed by atoms with Crippen molar-refractivity contribution in [1.82, 2.24) is 9.99 Å². The second-order valence-corrected chi connectivity index (χ2v) is 5.21. The maximum Gasteiger partial charge on any atom is 0.357 e. The topological polar surface area (TPSA) is 70.0 Å². The number of carbonyl (C=O) groups excluding carboxylic acids is 1. The van der Waals surface area contributed by atoms with E-state index in [-0.39, 0.29) is 0 Å². The Morgan fingerprint density at radius 3 is 2.85 bits per heavy atom. The van der Waals surface area contributed by atoms with Crippen molar-refractivity contribution in [1.29, 1.82) is 0 Å². The van der Waals surface area contributed by atoms with E-state index in [9.17, 15) is 4.79 Å². The van der Waals surface area contributed by atoms with Crippen LogP contribution in [0.4, 0.5) is 5.69 Å². The summed E-state index contributed by atoms with van der Waals surface area (Å²) in [6.07, 6.45) is 0. The molecule has 0 aliphatic heterocycles. The highest BCUT2D eigenvalue weighted by Gasteiger charge is 2.19. The molecule has 20 heavy (non-hydrogen) atoms. The second kappa shape index (κ2) is 6.04. The van der Waals surface area contributed by atoms with Crippen molar-refractivity contribution in [3.63, 3.8) is 0 Å². The molecule has 0 aliphatic rings. The first-order chi connectivity index (χ1) is 9.52. The van der Waals surface area contributed by atoms with Crippen LogP contribution in [0.1, 0.15) is 17.4 Å². The van der Waals surface area contributed by atoms with Gasteiger partial charge in [0, 0.05) is 29.5 Å². The predicted octanol–water partition coefficient (Wildman–Crippen LogP) is 3.67. The van der Waals surface area contributed by atoms with E-state index in [1.807, 2.05) is 18.2 Å². The van der Waals surface area contributed by atoms with Crippen LogP contribution in [0.5, 0.6) is 0 Å². The predicted molar refractivity (Wildman–Crippen MR) is 80.2 cm³/mol. The number of hydrogen-bond acceptors (Lipinski definition) is 4. The van der Waals surface area contributed by atoms with E-state index < -0.39 is 5.97 Å². The van der Waals surface area contributed by atoms with Crippen molar-refractivity contribution in [3.05, 3.63) is 28.4 Å². The molecule has 1 N–H and O–H groups in total. The van der Waals surface area contributed by atoms with Gasteiger partial charge in [-0.2, -0.15) is 0 Å². The summed E-state index contributed by atoms with van der Waals surface area (Å²) in [7, 11) is 3.52. The molecule has 0 bridgehead atoms. The van der Waals surface area contributed by atoms with Crippen LogP contribution >= 0.6 is 15.9 Å². The minimum atomic E-state index is -0.437. The summed E-state index contributed by atoms with van der Waals surface area (Å²) >= 11 is 3.41. The van der Waals surface area contributed by atoms with Gasteiger partial charge in [0.2, 0.25) is 0 Å². The Kier molecular flexibility index (Phi) is 4.39. The van der Waals surface area contributed by atoms with Gasteiger partial charge in [0.05, 0.1) is 6.61 Å². The second-order valence-electron chi connectivity index (χ2n) is 4.30. The summed E-state index contributed by atoms with van der Waals surface area (Å²) < 4.78 is 5.94. The molecule has 0 atom stereocenters. The Bertz CT molecular complexity index is 664. The quantitative estimate of drug-likeness (QED) is 0.525. The molecular formula is C13H15BrN4O2. The summed E-state index contributed by atoms with van der Waals surface area (Å²) in [5.74, 6) is -0.437. The Morgan fingerprint density at radius 2 is 2.20 bits per heavy atom. The van der Waals surface area contributed by atoms with Crippen LogP contribution in [-0.2, 0) is 4.74 Å². The minimum absolute atomic E-state index is 0.308. The first-order valence-electron chi connectivity index (χ1n) is 6.10. The number of fused-ring (bicyclic) bond motifs is 1. The van der Waals surface area contributed by atoms with Gasteiger partial charge in [-0.25, -0.2) is 4.79 Å². The molecule has 2 aromatic rings. The van der Waals surface area contributed by atoms with Crippen LogP contribution < -0.4 is 0 Å². The molecule has 0 spiro atoms. The lowest BCUT2D eigenvalue weighted by Crippen LogP contribution is -2.05. The fourth-order valence-electron chi connectivity index (χ4n) is 1.74. The zero-order valence-electron chi connectivity index (χ0n) is 11.5. The van der Waals surface area contributed by atoms with E-state index in [0.29, 0.717) is 18.0 Å². The molecule has 0 radical (unpaired) electrons. The zero-order chi connectivity index (χ0) is 14.7. The number of H-pyrrole nitrogens is 1. The van der Waals surface area contributed by atoms with Gasteiger partial charge >= 0.3 is 5.97 Å². The van der Waals surface area contributed by atoms with Crippen molar-refractivity contribution >= 4 is 38.5 Å². The Hall–Kier alpha value is -1.89. The van der Waals surface area contributed by atoms with Crippen LogP contribution in [-0.4, -0.2) is 36.7 Å². The SMILES string of the molecule is CCOC(=O)c1[nH]c2ccc(Br)cc2c1N=NN(C)C. The fraction of sp³-hybridized carbons (Fsp3) is 0.308. The van der Waals surface area contributed by atoms with Gasteiger partial charge in [0.25, 0.3) is 0 Å². The van der Waals surface area contributed by atoms with E-state index in [1.165, 1.54) is 0 Å². The maximum absolute atomic E-state index is 12.0. The number of aromatic amines is 1. The number of rotatable bonds is 4. The van der Waals surface area contributed by atoms with Gasteiger partial charge in [0.15, 0.2) is 5.69 Å². The van der Waals surface area contributed by atoms with Crippen molar-refractivity contribution in [2.24, 2.45) is 10.3 Å². The first-order valence-corrected chi connectivity index (χ1v) is 6.89. The van der Waals surface area contributed by atoms with Crippen LogP contribution in [0.25, 0.3) is 10.9 Å². The molecule has 7 heteroatoms. The van der Waals surface area contributed by atoms with Crippen LogP contribution in [0.15, 0.2) is 33.0 Å². The summed E-state index contributed by atoms with van der Waals surface area (Å²) in [6.45, 7) is 2.07. The number of esters is 1. The largest absolute Gasteiger partial charge is 0.461 e. The van der Waals surface area contributed by atoms with Gasteiger partial charge in [-0.1, -0.05) is 21.2 Å². The normalized spacial score (nSPS) is 11.2. The van der Waals surface area contributed by atoms with E-state index in [0.717, 1.165) is 15.4 Å². The molecule has 0 saturated carbocycles. The lowest BCUT2D eigenvalue weighted by Gasteiger charge is -2.02.